The first-order valence-corrected chi connectivity index (χ1v) is 17.5. The maximum atomic E-state index is 14.0. The molecule has 1 aliphatic rings. The molecule has 1 fully saturated rings. The Labute approximate surface area is 311 Å². The van der Waals surface area contributed by atoms with E-state index in [2.05, 4.69) is 36.2 Å². The Hall–Kier alpha value is -5.60. The number of carbonyl (C=O) groups excluding carboxylic acids is 5. The Morgan fingerprint density at radius 2 is 1.56 bits per heavy atom. The minimum Gasteiger partial charge on any atom is -0.480 e. The van der Waals surface area contributed by atoms with Crippen LogP contribution in [0.1, 0.15) is 50.8 Å². The molecule has 0 unspecified atom stereocenters. The lowest BCUT2D eigenvalue weighted by molar-refractivity contribution is -0.145. The summed E-state index contributed by atoms with van der Waals surface area (Å²) >= 11 is 0. The maximum absolute atomic E-state index is 14.0. The minimum atomic E-state index is -1.69. The van der Waals surface area contributed by atoms with Crippen molar-refractivity contribution in [3.8, 4) is 0 Å². The van der Waals surface area contributed by atoms with Crippen molar-refractivity contribution in [3.05, 3.63) is 54.1 Å². The second-order valence-electron chi connectivity index (χ2n) is 13.1. The molecule has 1 aromatic carbocycles. The predicted octanol–water partition coefficient (Wildman–Crippen LogP) is -3.65. The van der Waals surface area contributed by atoms with E-state index >= 15 is 0 Å². The van der Waals surface area contributed by atoms with Crippen molar-refractivity contribution in [2.24, 2.45) is 22.2 Å². The summed E-state index contributed by atoms with van der Waals surface area (Å²) in [5.41, 5.74) is 17.9. The maximum Gasteiger partial charge on any atom is 0.328 e. The molecule has 2 heterocycles. The Morgan fingerprint density at radius 3 is 2.15 bits per heavy atom. The quantitative estimate of drug-likeness (QED) is 0.0353. The van der Waals surface area contributed by atoms with Gasteiger partial charge in [-0.3, -0.25) is 29.0 Å². The molecule has 2 aromatic rings. The van der Waals surface area contributed by atoms with Gasteiger partial charge in [0.2, 0.25) is 29.5 Å². The van der Waals surface area contributed by atoms with Crippen LogP contribution in [0, 0.1) is 0 Å². The van der Waals surface area contributed by atoms with Gasteiger partial charge in [-0.25, -0.2) is 9.78 Å². The number of aliphatic hydroxyl groups excluding tert-OH is 2. The number of amides is 5. The molecule has 0 radical (unpaired) electrons. The number of aliphatic imine (C=N–C) groups is 1. The summed E-state index contributed by atoms with van der Waals surface area (Å²) in [5.74, 6) is -5.47. The van der Waals surface area contributed by atoms with Crippen LogP contribution in [0.5, 0.6) is 0 Å². The third kappa shape index (κ3) is 12.8. The normalized spacial score (nSPS) is 17.8. The fourth-order valence-corrected chi connectivity index (χ4v) is 5.81. The van der Waals surface area contributed by atoms with Crippen LogP contribution in [-0.4, -0.2) is 133 Å². The average Bonchev–Trinajstić information content (AvgIpc) is 3.83. The third-order valence-electron chi connectivity index (χ3n) is 8.80. The zero-order valence-corrected chi connectivity index (χ0v) is 30.2. The van der Waals surface area contributed by atoms with E-state index in [1.54, 1.807) is 30.3 Å². The number of imidazole rings is 1. The molecule has 8 atom stereocenters. The van der Waals surface area contributed by atoms with Gasteiger partial charge in [0.1, 0.15) is 30.2 Å². The van der Waals surface area contributed by atoms with Gasteiger partial charge in [-0.1, -0.05) is 30.3 Å². The zero-order valence-electron chi connectivity index (χ0n) is 30.2. The molecular formula is C34H51N11O9. The first kappa shape index (κ1) is 42.8. The Morgan fingerprint density at radius 1 is 0.926 bits per heavy atom. The average molecular weight is 758 g/mol. The third-order valence-corrected chi connectivity index (χ3v) is 8.80. The number of carboxylic acids is 1. The molecular weight excluding hydrogens is 706 g/mol. The highest BCUT2D eigenvalue weighted by molar-refractivity contribution is 5.96. The van der Waals surface area contributed by atoms with E-state index in [1.807, 2.05) is 0 Å². The summed E-state index contributed by atoms with van der Waals surface area (Å²) < 4.78 is 0. The second-order valence-corrected chi connectivity index (χ2v) is 13.1. The molecule has 20 heteroatoms. The van der Waals surface area contributed by atoms with Crippen molar-refractivity contribution in [2.45, 2.75) is 101 Å². The molecule has 20 nitrogen and oxygen atoms in total. The smallest absolute Gasteiger partial charge is 0.328 e. The summed E-state index contributed by atoms with van der Waals surface area (Å²) in [6.45, 7) is 2.86. The number of nitrogens with one attached hydrogen (secondary N) is 5. The molecule has 54 heavy (non-hydrogen) atoms. The number of aromatic amines is 1. The lowest BCUT2D eigenvalue weighted by Gasteiger charge is -2.30. The van der Waals surface area contributed by atoms with Gasteiger partial charge in [0.15, 0.2) is 12.0 Å². The van der Waals surface area contributed by atoms with E-state index in [-0.39, 0.29) is 51.2 Å². The molecule has 1 aromatic heterocycles. The number of nitrogens with zero attached hydrogens (tertiary/aromatic N) is 3. The molecule has 0 aliphatic carbocycles. The number of guanidine groups is 1. The predicted molar refractivity (Wildman–Crippen MR) is 194 cm³/mol. The van der Waals surface area contributed by atoms with Gasteiger partial charge in [0.05, 0.1) is 18.5 Å². The molecule has 0 bridgehead atoms. The number of aromatic nitrogens is 2. The van der Waals surface area contributed by atoms with Crippen LogP contribution in [0.25, 0.3) is 0 Å². The van der Waals surface area contributed by atoms with Crippen molar-refractivity contribution in [2.75, 3.05) is 13.1 Å². The van der Waals surface area contributed by atoms with Crippen LogP contribution in [0.15, 0.2) is 47.8 Å². The number of aliphatic hydroxyl groups is 2. The molecule has 3 rings (SSSR count). The van der Waals surface area contributed by atoms with Crippen LogP contribution >= 0.6 is 0 Å². The number of carbonyl (C=O) groups is 6. The molecule has 1 saturated heterocycles. The minimum absolute atomic E-state index is 0.00458. The monoisotopic (exact) mass is 757 g/mol. The standard InChI is InChI=1S/C34H51N11O9/c1-18(46)26(35)32(52)45-13-7-11-25(45)31(51)43-23(14-20-8-4-3-5-9-20)29(49)41-22(10-6-12-39-34(36)37)28(48)42-24(15-21-16-38-17-40-21)30(50)44-27(19(2)47)33(53)54/h3-5,8-9,16-19,22-27,46-47H,6-7,10-15,35H2,1-2H3,(H,38,40)(H,41,49)(H,42,48)(H,43,51)(H,44,50)(H,53,54)(H4,36,37,39)/t18-,19-,22+,23+,24+,25+,26+,27+/m1/s1. The van der Waals surface area contributed by atoms with Gasteiger partial charge in [-0.05, 0) is 45.1 Å². The van der Waals surface area contributed by atoms with Crippen molar-refractivity contribution in [3.63, 3.8) is 0 Å². The summed E-state index contributed by atoms with van der Waals surface area (Å²) in [5, 5.41) is 39.5. The summed E-state index contributed by atoms with van der Waals surface area (Å²) in [6, 6.07) is 0.894. The first-order valence-electron chi connectivity index (χ1n) is 17.5. The van der Waals surface area contributed by atoms with Gasteiger partial charge in [0.25, 0.3) is 0 Å². The number of H-pyrrole nitrogens is 1. The number of carboxylic acid groups (broad SMARTS) is 1. The topological polar surface area (TPSA) is 334 Å². The van der Waals surface area contributed by atoms with E-state index in [1.165, 1.54) is 31.3 Å². The van der Waals surface area contributed by atoms with Crippen molar-refractivity contribution in [1.82, 2.24) is 36.1 Å². The highest BCUT2D eigenvalue weighted by atomic mass is 16.4. The number of benzene rings is 1. The Balaban J connectivity index is 1.89. The van der Waals surface area contributed by atoms with Crippen molar-refractivity contribution in [1.29, 1.82) is 0 Å². The summed E-state index contributed by atoms with van der Waals surface area (Å²) in [6.07, 6.45) is 0.876. The van der Waals surface area contributed by atoms with E-state index in [9.17, 15) is 44.1 Å². The highest BCUT2D eigenvalue weighted by Crippen LogP contribution is 2.20. The lowest BCUT2D eigenvalue weighted by Crippen LogP contribution is -2.60. The zero-order chi connectivity index (χ0) is 39.9. The number of hydrogen-bond acceptors (Lipinski definition) is 11. The second kappa shape index (κ2) is 20.6. The molecule has 14 N–H and O–H groups in total. The van der Waals surface area contributed by atoms with Crippen molar-refractivity contribution >= 4 is 41.5 Å². The molecule has 296 valence electrons. The van der Waals surface area contributed by atoms with Crippen molar-refractivity contribution < 1.29 is 44.1 Å². The van der Waals surface area contributed by atoms with E-state index in [0.29, 0.717) is 17.7 Å². The van der Waals surface area contributed by atoms with Gasteiger partial charge >= 0.3 is 5.97 Å². The SMILES string of the molecule is C[C@@H](O)[C@H](N)C(=O)N1CCC[C@H]1C(=O)N[C@@H](Cc1ccccc1)C(=O)N[C@@H](CCCN=C(N)N)C(=O)N[C@@H](Cc1cnc[nH]1)C(=O)N[C@H](C(=O)O)[C@@H](C)O. The molecule has 1 aliphatic heterocycles. The number of likely N-dealkylation sites (tertiary alicyclic amines) is 1. The highest BCUT2D eigenvalue weighted by Gasteiger charge is 2.39. The van der Waals surface area contributed by atoms with Crippen LogP contribution in [0.3, 0.4) is 0 Å². The summed E-state index contributed by atoms with van der Waals surface area (Å²) in [7, 11) is 0. The van der Waals surface area contributed by atoms with Gasteiger partial charge in [-0.2, -0.15) is 0 Å². The Bertz CT molecular complexity index is 1600. The van der Waals surface area contributed by atoms with E-state index in [4.69, 9.17) is 17.2 Å². The summed E-state index contributed by atoms with van der Waals surface area (Å²) in [4.78, 5) is 91.6. The van der Waals surface area contributed by atoms with Crippen LogP contribution in [0.4, 0.5) is 0 Å². The fourth-order valence-electron chi connectivity index (χ4n) is 5.81. The number of nitrogens with two attached hydrogens (primary N) is 3. The molecule has 5 amide bonds. The number of rotatable bonds is 20. The molecule has 0 spiro atoms. The van der Waals surface area contributed by atoms with Gasteiger partial charge in [0, 0.05) is 37.8 Å². The Kier molecular flexibility index (Phi) is 16.3. The van der Waals surface area contributed by atoms with Crippen LogP contribution in [0.2, 0.25) is 0 Å². The lowest BCUT2D eigenvalue weighted by atomic mass is 10.0. The largest absolute Gasteiger partial charge is 0.480 e. The number of aliphatic carboxylic acids is 1. The van der Waals surface area contributed by atoms with Crippen LogP contribution < -0.4 is 38.5 Å². The van der Waals surface area contributed by atoms with E-state index in [0.717, 1.165) is 0 Å². The fraction of sp³-hybridized carbons (Fsp3) is 0.529. The van der Waals surface area contributed by atoms with Gasteiger partial charge in [-0.15, -0.1) is 0 Å². The first-order chi connectivity index (χ1) is 25.6. The van der Waals surface area contributed by atoms with Gasteiger partial charge < -0.3 is 63.7 Å². The molecule has 0 saturated carbocycles. The number of hydrogen-bond donors (Lipinski definition) is 11. The van der Waals surface area contributed by atoms with Crippen LogP contribution in [-0.2, 0) is 41.6 Å². The van der Waals surface area contributed by atoms with E-state index < -0.39 is 84.0 Å².